The van der Waals surface area contributed by atoms with Gasteiger partial charge in [0.05, 0.1) is 19.3 Å². The third-order valence-corrected chi connectivity index (χ3v) is 4.08. The molecule has 0 bridgehead atoms. The van der Waals surface area contributed by atoms with Gasteiger partial charge < -0.3 is 10.1 Å². The molecule has 0 aromatic heterocycles. The van der Waals surface area contributed by atoms with E-state index in [4.69, 9.17) is 4.74 Å². The second-order valence-corrected chi connectivity index (χ2v) is 6.21. The van der Waals surface area contributed by atoms with Crippen LogP contribution in [0.1, 0.15) is 32.6 Å². The van der Waals surface area contributed by atoms with Crippen molar-refractivity contribution in [2.75, 3.05) is 26.3 Å². The van der Waals surface area contributed by atoms with Gasteiger partial charge in [-0.1, -0.05) is 6.92 Å². The lowest BCUT2D eigenvalue weighted by Gasteiger charge is -2.42. The topological polar surface area (TPSA) is 41.6 Å². The van der Waals surface area contributed by atoms with E-state index in [1.807, 2.05) is 0 Å². The lowest BCUT2D eigenvalue weighted by atomic mass is 9.88. The van der Waals surface area contributed by atoms with Crippen LogP contribution in [0, 0.1) is 5.41 Å². The number of nitrogens with one attached hydrogen (secondary N) is 1. The molecular weight excluding hydrogens is 216 g/mol. The van der Waals surface area contributed by atoms with Crippen LogP contribution in [-0.4, -0.2) is 49.2 Å². The zero-order chi connectivity index (χ0) is 11.9. The first-order chi connectivity index (χ1) is 8.16. The molecule has 1 unspecified atom stereocenters. The highest BCUT2D eigenvalue weighted by molar-refractivity contribution is 5.82. The maximum Gasteiger partial charge on any atom is 0.237 e. The number of hydrogen-bond acceptors (Lipinski definition) is 3. The van der Waals surface area contributed by atoms with E-state index in [0.29, 0.717) is 6.04 Å². The molecule has 1 atom stereocenters. The predicted molar refractivity (Wildman–Crippen MR) is 64.7 cm³/mol. The number of carbonyl (C=O) groups excluding carboxylic acids is 1. The van der Waals surface area contributed by atoms with Crippen molar-refractivity contribution in [1.29, 1.82) is 0 Å². The molecule has 3 rings (SSSR count). The number of likely N-dealkylation sites (tertiary alicyclic amines) is 1. The summed E-state index contributed by atoms with van der Waals surface area (Å²) in [5, 5.41) is 3.14. The van der Waals surface area contributed by atoms with Crippen molar-refractivity contribution in [3.8, 4) is 0 Å². The average Bonchev–Trinajstić information content (AvgIpc) is 2.93. The van der Waals surface area contributed by atoms with Crippen LogP contribution in [0.25, 0.3) is 0 Å². The molecule has 3 aliphatic rings. The quantitative estimate of drug-likeness (QED) is 0.786. The Morgan fingerprint density at radius 3 is 2.76 bits per heavy atom. The first kappa shape index (κ1) is 11.5. The highest BCUT2D eigenvalue weighted by atomic mass is 16.5. The molecule has 17 heavy (non-hydrogen) atoms. The summed E-state index contributed by atoms with van der Waals surface area (Å²) in [6.45, 7) is 6.03. The Balaban J connectivity index is 1.56. The average molecular weight is 238 g/mol. The van der Waals surface area contributed by atoms with E-state index in [2.05, 4.69) is 17.1 Å². The second kappa shape index (κ2) is 4.25. The van der Waals surface area contributed by atoms with Gasteiger partial charge in [-0.3, -0.25) is 9.69 Å². The van der Waals surface area contributed by atoms with E-state index in [9.17, 15) is 4.79 Å². The fraction of sp³-hybridized carbons (Fsp3) is 0.923. The number of nitrogens with zero attached hydrogens (tertiary/aromatic N) is 1. The Morgan fingerprint density at radius 1 is 1.41 bits per heavy atom. The van der Waals surface area contributed by atoms with Gasteiger partial charge in [0, 0.05) is 18.0 Å². The molecule has 0 aromatic rings. The molecule has 96 valence electrons. The molecule has 0 aromatic carbocycles. The fourth-order valence-corrected chi connectivity index (χ4v) is 2.87. The summed E-state index contributed by atoms with van der Waals surface area (Å²) in [6.07, 6.45) is 4.52. The molecule has 0 spiro atoms. The lowest BCUT2D eigenvalue weighted by molar-refractivity contribution is -0.133. The zero-order valence-electron chi connectivity index (χ0n) is 10.6. The molecule has 2 saturated heterocycles. The Labute approximate surface area is 103 Å². The van der Waals surface area contributed by atoms with E-state index in [-0.39, 0.29) is 17.4 Å². The molecule has 4 nitrogen and oxygen atoms in total. The number of rotatable bonds is 4. The molecule has 1 N–H and O–H groups in total. The van der Waals surface area contributed by atoms with Crippen LogP contribution in [0.3, 0.4) is 0 Å². The minimum Gasteiger partial charge on any atom is -0.380 e. The molecule has 1 saturated carbocycles. The molecule has 1 aliphatic carbocycles. The van der Waals surface area contributed by atoms with E-state index in [0.717, 1.165) is 39.1 Å². The van der Waals surface area contributed by atoms with Gasteiger partial charge in [-0.25, -0.2) is 0 Å². The van der Waals surface area contributed by atoms with Gasteiger partial charge in [-0.15, -0.1) is 0 Å². The lowest BCUT2D eigenvalue weighted by Crippen LogP contribution is -2.53. The largest absolute Gasteiger partial charge is 0.380 e. The van der Waals surface area contributed by atoms with E-state index in [1.54, 1.807) is 0 Å². The van der Waals surface area contributed by atoms with Crippen LogP contribution in [0.4, 0.5) is 0 Å². The number of hydrogen-bond donors (Lipinski definition) is 1. The first-order valence-corrected chi connectivity index (χ1v) is 6.78. The smallest absolute Gasteiger partial charge is 0.237 e. The zero-order valence-corrected chi connectivity index (χ0v) is 10.6. The predicted octanol–water partition coefficient (Wildman–Crippen LogP) is 0.766. The Bertz CT molecular complexity index is 311. The van der Waals surface area contributed by atoms with E-state index < -0.39 is 0 Å². The van der Waals surface area contributed by atoms with Crippen LogP contribution >= 0.6 is 0 Å². The van der Waals surface area contributed by atoms with Crippen molar-refractivity contribution in [1.82, 2.24) is 10.2 Å². The van der Waals surface area contributed by atoms with Gasteiger partial charge in [-0.05, 0) is 32.2 Å². The highest BCUT2D eigenvalue weighted by Gasteiger charge is 2.40. The molecule has 2 aliphatic heterocycles. The van der Waals surface area contributed by atoms with Crippen LogP contribution < -0.4 is 5.32 Å². The minimum absolute atomic E-state index is 0.119. The Kier molecular flexibility index (Phi) is 2.87. The van der Waals surface area contributed by atoms with Gasteiger partial charge in [0.1, 0.15) is 0 Å². The van der Waals surface area contributed by atoms with Gasteiger partial charge in [0.15, 0.2) is 0 Å². The van der Waals surface area contributed by atoms with Gasteiger partial charge in [0.2, 0.25) is 5.91 Å². The van der Waals surface area contributed by atoms with Gasteiger partial charge in [-0.2, -0.15) is 0 Å². The van der Waals surface area contributed by atoms with Crippen LogP contribution in [-0.2, 0) is 9.53 Å². The molecule has 2 heterocycles. The Hall–Kier alpha value is -0.610. The summed E-state index contributed by atoms with van der Waals surface area (Å²) in [4.78, 5) is 14.5. The van der Waals surface area contributed by atoms with Crippen molar-refractivity contribution in [2.24, 2.45) is 5.41 Å². The summed E-state index contributed by atoms with van der Waals surface area (Å²) in [5.41, 5.74) is 0.280. The summed E-state index contributed by atoms with van der Waals surface area (Å²) < 4.78 is 5.29. The van der Waals surface area contributed by atoms with Gasteiger partial charge in [0.25, 0.3) is 0 Å². The van der Waals surface area contributed by atoms with Crippen LogP contribution in [0.15, 0.2) is 0 Å². The number of ether oxygens (including phenoxy) is 1. The standard InChI is InChI=1S/C13H22N2O2/c1-13(8-17-9-13)7-15-6-2-3-11(15)12(16)14-10-4-5-10/h10-11H,2-9H2,1H3,(H,14,16). The number of carbonyl (C=O) groups is 1. The number of amides is 1. The van der Waals surface area contributed by atoms with Crippen molar-refractivity contribution < 1.29 is 9.53 Å². The first-order valence-electron chi connectivity index (χ1n) is 6.78. The molecule has 1 amide bonds. The summed E-state index contributed by atoms with van der Waals surface area (Å²) in [5.74, 6) is 0.258. The van der Waals surface area contributed by atoms with Crippen molar-refractivity contribution >= 4 is 5.91 Å². The summed E-state index contributed by atoms with van der Waals surface area (Å²) in [7, 11) is 0. The maximum absolute atomic E-state index is 12.1. The third kappa shape index (κ3) is 2.47. The minimum atomic E-state index is 0.119. The molecule has 3 fully saturated rings. The molecular formula is C13H22N2O2. The SMILES string of the molecule is CC1(CN2CCCC2C(=O)NC2CC2)COC1. The third-order valence-electron chi connectivity index (χ3n) is 4.08. The highest BCUT2D eigenvalue weighted by Crippen LogP contribution is 2.31. The van der Waals surface area contributed by atoms with E-state index >= 15 is 0 Å². The normalized spacial score (nSPS) is 32.2. The van der Waals surface area contributed by atoms with Crippen molar-refractivity contribution in [3.63, 3.8) is 0 Å². The van der Waals surface area contributed by atoms with Crippen LogP contribution in [0.5, 0.6) is 0 Å². The van der Waals surface area contributed by atoms with Crippen molar-refractivity contribution in [2.45, 2.75) is 44.7 Å². The molecule has 0 radical (unpaired) electrons. The maximum atomic E-state index is 12.1. The monoisotopic (exact) mass is 238 g/mol. The summed E-state index contributed by atoms with van der Waals surface area (Å²) in [6, 6.07) is 0.598. The Morgan fingerprint density at radius 2 is 2.18 bits per heavy atom. The summed E-state index contributed by atoms with van der Waals surface area (Å²) >= 11 is 0. The van der Waals surface area contributed by atoms with Gasteiger partial charge >= 0.3 is 0 Å². The van der Waals surface area contributed by atoms with Crippen LogP contribution in [0.2, 0.25) is 0 Å². The fourth-order valence-electron chi connectivity index (χ4n) is 2.87. The van der Waals surface area contributed by atoms with E-state index in [1.165, 1.54) is 12.8 Å². The second-order valence-electron chi connectivity index (χ2n) is 6.21. The molecule has 4 heteroatoms. The van der Waals surface area contributed by atoms with Crippen molar-refractivity contribution in [3.05, 3.63) is 0 Å².